The summed E-state index contributed by atoms with van der Waals surface area (Å²) in [4.78, 5) is 47.3. The molecule has 0 spiro atoms. The summed E-state index contributed by atoms with van der Waals surface area (Å²) < 4.78 is 37.6. The van der Waals surface area contributed by atoms with E-state index in [9.17, 15) is 32.3 Å². The standard InChI is InChI=1S/C13H12F3N5O4/c14-13(15,16)6-18-11(24)19-9(22)5-21-10(23)7(4-17)8-2-1-3-20(8)12(21)25/h1-3,5-6H2,(H2,18,19,22,24). The second-order valence-electron chi connectivity index (χ2n) is 5.21. The molecule has 2 rings (SSSR count). The number of aromatic nitrogens is 2. The molecule has 0 atom stereocenters. The van der Waals surface area contributed by atoms with Crippen LogP contribution in [0.1, 0.15) is 17.7 Å². The van der Waals surface area contributed by atoms with Gasteiger partial charge in [-0.2, -0.15) is 18.4 Å². The molecule has 0 aromatic carbocycles. The maximum atomic E-state index is 12.2. The molecule has 25 heavy (non-hydrogen) atoms. The van der Waals surface area contributed by atoms with Crippen LogP contribution in [0.3, 0.4) is 0 Å². The van der Waals surface area contributed by atoms with Crippen molar-refractivity contribution in [2.75, 3.05) is 6.54 Å². The van der Waals surface area contributed by atoms with Crippen molar-refractivity contribution in [1.82, 2.24) is 19.8 Å². The third-order valence-electron chi connectivity index (χ3n) is 3.45. The van der Waals surface area contributed by atoms with Crippen LogP contribution in [0.5, 0.6) is 0 Å². The van der Waals surface area contributed by atoms with Crippen LogP contribution in [0.4, 0.5) is 18.0 Å². The number of hydrogen-bond donors (Lipinski definition) is 2. The van der Waals surface area contributed by atoms with E-state index in [4.69, 9.17) is 5.26 Å². The molecule has 1 aliphatic rings. The van der Waals surface area contributed by atoms with Gasteiger partial charge in [0.25, 0.3) is 5.56 Å². The van der Waals surface area contributed by atoms with Gasteiger partial charge in [0.05, 0.1) is 0 Å². The van der Waals surface area contributed by atoms with Gasteiger partial charge in [0, 0.05) is 12.2 Å². The van der Waals surface area contributed by atoms with Crippen molar-refractivity contribution >= 4 is 11.9 Å². The van der Waals surface area contributed by atoms with E-state index in [1.807, 2.05) is 0 Å². The quantitative estimate of drug-likeness (QED) is 0.732. The van der Waals surface area contributed by atoms with Gasteiger partial charge < -0.3 is 5.32 Å². The number of nitriles is 1. The van der Waals surface area contributed by atoms with Crippen LogP contribution in [0.15, 0.2) is 9.59 Å². The van der Waals surface area contributed by atoms with Crippen LogP contribution in [0.25, 0.3) is 0 Å². The highest BCUT2D eigenvalue weighted by atomic mass is 19.4. The van der Waals surface area contributed by atoms with Gasteiger partial charge in [-0.25, -0.2) is 14.2 Å². The molecule has 0 saturated heterocycles. The highest BCUT2D eigenvalue weighted by Gasteiger charge is 2.28. The van der Waals surface area contributed by atoms with Gasteiger partial charge in [0.2, 0.25) is 5.91 Å². The third kappa shape index (κ3) is 4.06. The summed E-state index contributed by atoms with van der Waals surface area (Å²) in [6.45, 7) is -2.27. The first-order valence-corrected chi connectivity index (χ1v) is 7.05. The highest BCUT2D eigenvalue weighted by molar-refractivity contribution is 5.94. The van der Waals surface area contributed by atoms with Gasteiger partial charge in [-0.3, -0.25) is 19.5 Å². The van der Waals surface area contributed by atoms with Crippen LogP contribution < -0.4 is 21.9 Å². The highest BCUT2D eigenvalue weighted by Crippen LogP contribution is 2.13. The lowest BCUT2D eigenvalue weighted by molar-refractivity contribution is -0.124. The predicted octanol–water partition coefficient (Wildman–Crippen LogP) is -0.784. The molecule has 1 aromatic rings. The van der Waals surface area contributed by atoms with Gasteiger partial charge in [0.15, 0.2) is 0 Å². The molecule has 0 unspecified atom stereocenters. The molecular weight excluding hydrogens is 347 g/mol. The number of nitrogens with one attached hydrogen (secondary N) is 2. The van der Waals surface area contributed by atoms with E-state index in [1.165, 1.54) is 9.88 Å². The van der Waals surface area contributed by atoms with Gasteiger partial charge in [-0.05, 0) is 12.8 Å². The third-order valence-corrected chi connectivity index (χ3v) is 3.45. The van der Waals surface area contributed by atoms with Gasteiger partial charge in [0.1, 0.15) is 24.7 Å². The van der Waals surface area contributed by atoms with Crippen molar-refractivity contribution in [3.63, 3.8) is 0 Å². The van der Waals surface area contributed by atoms with Crippen LogP contribution in [0, 0.1) is 11.3 Å². The van der Waals surface area contributed by atoms with Crippen molar-refractivity contribution in [2.45, 2.75) is 32.1 Å². The van der Waals surface area contributed by atoms with Crippen molar-refractivity contribution in [3.8, 4) is 6.07 Å². The minimum Gasteiger partial charge on any atom is -0.329 e. The summed E-state index contributed by atoms with van der Waals surface area (Å²) in [7, 11) is 0. The Balaban J connectivity index is 2.17. The molecule has 0 bridgehead atoms. The first kappa shape index (κ1) is 18.2. The average Bonchev–Trinajstić information content (AvgIpc) is 2.99. The molecule has 0 saturated carbocycles. The zero-order chi connectivity index (χ0) is 18.8. The number of urea groups is 1. The van der Waals surface area contributed by atoms with Crippen molar-refractivity contribution in [3.05, 3.63) is 32.1 Å². The number of nitrogens with zero attached hydrogens (tertiary/aromatic N) is 3. The molecule has 2 heterocycles. The number of rotatable bonds is 3. The summed E-state index contributed by atoms with van der Waals surface area (Å²) >= 11 is 0. The van der Waals surface area contributed by atoms with Gasteiger partial charge in [-0.1, -0.05) is 0 Å². The zero-order valence-electron chi connectivity index (χ0n) is 12.6. The van der Waals surface area contributed by atoms with Crippen LogP contribution in [0.2, 0.25) is 0 Å². The first-order chi connectivity index (χ1) is 11.6. The number of alkyl halides is 3. The number of imide groups is 1. The van der Waals surface area contributed by atoms with Gasteiger partial charge >= 0.3 is 17.9 Å². The lowest BCUT2D eigenvalue weighted by Gasteiger charge is -2.11. The fourth-order valence-corrected chi connectivity index (χ4v) is 2.42. The van der Waals surface area contributed by atoms with E-state index < -0.39 is 42.5 Å². The van der Waals surface area contributed by atoms with Crippen molar-refractivity contribution in [2.24, 2.45) is 0 Å². The molecule has 0 radical (unpaired) electrons. The molecule has 2 N–H and O–H groups in total. The molecule has 0 fully saturated rings. The Labute approximate surface area is 137 Å². The molecule has 3 amide bonds. The number of hydrogen-bond acceptors (Lipinski definition) is 5. The Morgan fingerprint density at radius 1 is 1.28 bits per heavy atom. The Morgan fingerprint density at radius 2 is 1.96 bits per heavy atom. The van der Waals surface area contributed by atoms with E-state index in [0.29, 0.717) is 17.4 Å². The minimum atomic E-state index is -4.65. The lowest BCUT2D eigenvalue weighted by Crippen LogP contribution is -2.48. The molecule has 9 nitrogen and oxygen atoms in total. The fourth-order valence-electron chi connectivity index (χ4n) is 2.42. The zero-order valence-corrected chi connectivity index (χ0v) is 12.6. The summed E-state index contributed by atoms with van der Waals surface area (Å²) in [6, 6.07) is 0.266. The summed E-state index contributed by atoms with van der Waals surface area (Å²) in [5.74, 6) is -1.17. The minimum absolute atomic E-state index is 0.272. The molecular formula is C13H12F3N5O4. The van der Waals surface area contributed by atoms with E-state index in [1.54, 1.807) is 11.4 Å². The first-order valence-electron chi connectivity index (χ1n) is 7.05. The Morgan fingerprint density at radius 3 is 2.56 bits per heavy atom. The predicted molar refractivity (Wildman–Crippen MR) is 75.6 cm³/mol. The van der Waals surface area contributed by atoms with Gasteiger partial charge in [-0.15, -0.1) is 0 Å². The normalized spacial score (nSPS) is 13.0. The largest absolute Gasteiger partial charge is 0.405 e. The molecule has 134 valence electrons. The molecule has 1 aromatic heterocycles. The number of amides is 3. The second-order valence-corrected chi connectivity index (χ2v) is 5.21. The van der Waals surface area contributed by atoms with Crippen molar-refractivity contribution < 1.29 is 22.8 Å². The summed E-state index contributed by atoms with van der Waals surface area (Å²) in [5.41, 5.74) is -1.78. The Kier molecular flexibility index (Phi) is 4.96. The number of halogens is 3. The van der Waals surface area contributed by atoms with E-state index in [-0.39, 0.29) is 17.8 Å². The van der Waals surface area contributed by atoms with Crippen LogP contribution >= 0.6 is 0 Å². The maximum Gasteiger partial charge on any atom is 0.405 e. The summed E-state index contributed by atoms with van der Waals surface area (Å²) in [6.07, 6.45) is -3.72. The van der Waals surface area contributed by atoms with E-state index >= 15 is 0 Å². The van der Waals surface area contributed by atoms with Crippen LogP contribution in [-0.2, 0) is 24.3 Å². The Bertz CT molecular complexity index is 878. The number of carbonyl (C=O) groups excluding carboxylic acids is 2. The van der Waals surface area contributed by atoms with E-state index in [2.05, 4.69) is 0 Å². The number of fused-ring (bicyclic) bond motifs is 1. The monoisotopic (exact) mass is 359 g/mol. The maximum absolute atomic E-state index is 12.2. The topological polar surface area (TPSA) is 126 Å². The second kappa shape index (κ2) is 6.80. The fraction of sp³-hybridized carbons (Fsp3) is 0.462. The van der Waals surface area contributed by atoms with Crippen LogP contribution in [-0.4, -0.2) is 33.8 Å². The van der Waals surface area contributed by atoms with E-state index in [0.717, 1.165) is 0 Å². The lowest BCUT2D eigenvalue weighted by atomic mass is 10.2. The number of carbonyl (C=O) groups is 2. The molecule has 1 aliphatic heterocycles. The van der Waals surface area contributed by atoms with Crippen molar-refractivity contribution in [1.29, 1.82) is 5.26 Å². The smallest absolute Gasteiger partial charge is 0.329 e. The molecule has 0 aliphatic carbocycles. The SMILES string of the molecule is N#Cc1c2n(c(=O)n(CC(=O)NC(=O)NCC(F)(F)F)c1=O)CCC2. The average molecular weight is 359 g/mol. The molecule has 12 heteroatoms. The summed E-state index contributed by atoms with van der Waals surface area (Å²) in [5, 5.41) is 12.1. The Hall–Kier alpha value is -3.10.